The highest BCUT2D eigenvalue weighted by Gasteiger charge is 2.33. The number of hydrogen-bond donors (Lipinski definition) is 2. The molecule has 17 heavy (non-hydrogen) atoms. The van der Waals surface area contributed by atoms with Gasteiger partial charge in [0.15, 0.2) is 0 Å². The Hall–Kier alpha value is -0.650. The van der Waals surface area contributed by atoms with Gasteiger partial charge in [0.2, 0.25) is 5.91 Å². The van der Waals surface area contributed by atoms with Gasteiger partial charge in [0.05, 0.1) is 18.8 Å². The lowest BCUT2D eigenvalue weighted by Gasteiger charge is -2.37. The number of carbonyl (C=O) groups is 1. The molecule has 1 saturated heterocycles. The van der Waals surface area contributed by atoms with E-state index in [1.54, 1.807) is 0 Å². The molecule has 0 aromatic rings. The van der Waals surface area contributed by atoms with Gasteiger partial charge >= 0.3 is 0 Å². The second kappa shape index (κ2) is 6.33. The fraction of sp³-hybridized carbons (Fsp3) is 0.917. The molecule has 0 saturated carbocycles. The number of nitrogens with zero attached hydrogens (tertiary/aromatic N) is 1. The van der Waals surface area contributed by atoms with Crippen LogP contribution in [-0.4, -0.2) is 55.2 Å². The topological polar surface area (TPSA) is 67.6 Å². The van der Waals surface area contributed by atoms with Crippen LogP contribution in [0, 0.1) is 0 Å². The van der Waals surface area contributed by atoms with Crippen LogP contribution in [0.3, 0.4) is 0 Å². The number of nitrogens with one attached hydrogen (secondary N) is 1. The molecule has 1 aliphatic rings. The Labute approximate surface area is 104 Å². The van der Waals surface area contributed by atoms with Crippen LogP contribution in [0.1, 0.15) is 27.2 Å². The second-order valence-corrected chi connectivity index (χ2v) is 4.93. The number of amides is 1. The molecule has 0 bridgehead atoms. The minimum atomic E-state index is -0.619. The number of rotatable bonds is 6. The molecular formula is C12H25N3O2. The highest BCUT2D eigenvalue weighted by atomic mass is 16.5. The first kappa shape index (κ1) is 14.4. The zero-order valence-corrected chi connectivity index (χ0v) is 11.2. The highest BCUT2D eigenvalue weighted by Crippen LogP contribution is 2.17. The number of primary amides is 1. The van der Waals surface area contributed by atoms with Gasteiger partial charge < -0.3 is 15.8 Å². The van der Waals surface area contributed by atoms with Gasteiger partial charge in [-0.05, 0) is 26.8 Å². The van der Waals surface area contributed by atoms with E-state index in [4.69, 9.17) is 10.5 Å². The van der Waals surface area contributed by atoms with Crippen molar-refractivity contribution in [1.29, 1.82) is 0 Å². The summed E-state index contributed by atoms with van der Waals surface area (Å²) in [6, 6.07) is 0.329. The Balaban J connectivity index is 2.56. The van der Waals surface area contributed by atoms with Crippen molar-refractivity contribution in [3.63, 3.8) is 0 Å². The normalized spacial score (nSPS) is 23.0. The smallest absolute Gasteiger partial charge is 0.237 e. The van der Waals surface area contributed by atoms with Crippen molar-refractivity contribution in [2.45, 2.75) is 38.8 Å². The molecule has 1 aliphatic heterocycles. The first-order valence-corrected chi connectivity index (χ1v) is 6.36. The number of ether oxygens (including phenoxy) is 1. The molecular weight excluding hydrogens is 218 g/mol. The highest BCUT2D eigenvalue weighted by molar-refractivity contribution is 5.84. The van der Waals surface area contributed by atoms with E-state index in [0.29, 0.717) is 6.04 Å². The maximum atomic E-state index is 11.5. The average Bonchev–Trinajstić information content (AvgIpc) is 2.30. The second-order valence-electron chi connectivity index (χ2n) is 4.93. The third-order valence-corrected chi connectivity index (χ3v) is 3.48. The largest absolute Gasteiger partial charge is 0.379 e. The monoisotopic (exact) mass is 243 g/mol. The number of hydrogen-bond acceptors (Lipinski definition) is 4. The molecule has 2 atom stereocenters. The zero-order chi connectivity index (χ0) is 12.9. The summed E-state index contributed by atoms with van der Waals surface area (Å²) in [5, 5.41) is 3.20. The summed E-state index contributed by atoms with van der Waals surface area (Å²) < 4.78 is 5.33. The van der Waals surface area contributed by atoms with Crippen molar-refractivity contribution in [3.05, 3.63) is 0 Å². The first-order valence-electron chi connectivity index (χ1n) is 6.36. The van der Waals surface area contributed by atoms with Crippen molar-refractivity contribution >= 4 is 5.91 Å². The van der Waals surface area contributed by atoms with Crippen LogP contribution < -0.4 is 11.1 Å². The van der Waals surface area contributed by atoms with Crippen LogP contribution in [0.5, 0.6) is 0 Å². The lowest BCUT2D eigenvalue weighted by Crippen LogP contribution is -2.57. The Morgan fingerprint density at radius 3 is 2.59 bits per heavy atom. The number of likely N-dealkylation sites (N-methyl/N-ethyl adjacent to an activating group) is 1. The van der Waals surface area contributed by atoms with Crippen LogP contribution in [0.4, 0.5) is 0 Å². The predicted molar refractivity (Wildman–Crippen MR) is 67.7 cm³/mol. The molecule has 3 N–H and O–H groups in total. The summed E-state index contributed by atoms with van der Waals surface area (Å²) in [6.45, 7) is 10.2. The number of nitrogens with two attached hydrogens (primary N) is 1. The van der Waals surface area contributed by atoms with Gasteiger partial charge in [-0.2, -0.15) is 0 Å². The molecule has 1 amide bonds. The Bertz CT molecular complexity index is 254. The standard InChI is InChI=1S/C12H25N3O2/c1-4-14-12(3,11(13)16)9-10(2)15-5-7-17-8-6-15/h10,14H,4-9H2,1-3H3,(H2,13,16). The fourth-order valence-electron chi connectivity index (χ4n) is 2.39. The van der Waals surface area contributed by atoms with E-state index < -0.39 is 5.54 Å². The van der Waals surface area contributed by atoms with Crippen LogP contribution in [0.25, 0.3) is 0 Å². The molecule has 2 unspecified atom stereocenters. The third-order valence-electron chi connectivity index (χ3n) is 3.48. The maximum absolute atomic E-state index is 11.5. The molecule has 5 nitrogen and oxygen atoms in total. The minimum Gasteiger partial charge on any atom is -0.379 e. The molecule has 0 aromatic carbocycles. The maximum Gasteiger partial charge on any atom is 0.237 e. The van der Waals surface area contributed by atoms with Crippen molar-refractivity contribution < 1.29 is 9.53 Å². The lowest BCUT2D eigenvalue weighted by molar-refractivity contribution is -0.124. The molecule has 1 rings (SSSR count). The van der Waals surface area contributed by atoms with E-state index in [1.807, 2.05) is 13.8 Å². The van der Waals surface area contributed by atoms with Gasteiger partial charge in [0.25, 0.3) is 0 Å². The Morgan fingerprint density at radius 1 is 1.53 bits per heavy atom. The van der Waals surface area contributed by atoms with E-state index in [2.05, 4.69) is 17.1 Å². The van der Waals surface area contributed by atoms with Crippen LogP contribution in [0.15, 0.2) is 0 Å². The van der Waals surface area contributed by atoms with Crippen molar-refractivity contribution in [2.75, 3.05) is 32.8 Å². The van der Waals surface area contributed by atoms with E-state index in [9.17, 15) is 4.79 Å². The average molecular weight is 243 g/mol. The lowest BCUT2D eigenvalue weighted by atomic mass is 9.92. The molecule has 1 fully saturated rings. The van der Waals surface area contributed by atoms with Crippen LogP contribution >= 0.6 is 0 Å². The Morgan fingerprint density at radius 2 is 2.12 bits per heavy atom. The van der Waals surface area contributed by atoms with E-state index in [0.717, 1.165) is 39.3 Å². The molecule has 1 heterocycles. The van der Waals surface area contributed by atoms with E-state index in [1.165, 1.54) is 0 Å². The quantitative estimate of drug-likeness (QED) is 0.686. The van der Waals surface area contributed by atoms with Gasteiger partial charge in [0.1, 0.15) is 0 Å². The summed E-state index contributed by atoms with van der Waals surface area (Å²) in [6.07, 6.45) is 0.732. The summed E-state index contributed by atoms with van der Waals surface area (Å²) in [5.41, 5.74) is 4.87. The first-order chi connectivity index (χ1) is 7.99. The van der Waals surface area contributed by atoms with Crippen molar-refractivity contribution in [2.24, 2.45) is 5.73 Å². The molecule has 0 aliphatic carbocycles. The van der Waals surface area contributed by atoms with E-state index >= 15 is 0 Å². The molecule has 100 valence electrons. The van der Waals surface area contributed by atoms with E-state index in [-0.39, 0.29) is 5.91 Å². The minimum absolute atomic E-state index is 0.278. The van der Waals surface area contributed by atoms with Gasteiger partial charge in [0, 0.05) is 19.1 Å². The fourth-order valence-corrected chi connectivity index (χ4v) is 2.39. The predicted octanol–water partition coefficient (Wildman–Crippen LogP) is -0.0493. The van der Waals surface area contributed by atoms with Gasteiger partial charge in [-0.15, -0.1) is 0 Å². The van der Waals surface area contributed by atoms with Gasteiger partial charge in [-0.25, -0.2) is 0 Å². The third kappa shape index (κ3) is 3.94. The Kier molecular flexibility index (Phi) is 5.36. The SMILES string of the molecule is CCNC(C)(CC(C)N1CCOCC1)C(N)=O. The molecule has 0 aromatic heterocycles. The zero-order valence-electron chi connectivity index (χ0n) is 11.2. The number of carbonyl (C=O) groups excluding carboxylic acids is 1. The van der Waals surface area contributed by atoms with Crippen molar-refractivity contribution in [3.8, 4) is 0 Å². The summed E-state index contributed by atoms with van der Waals surface area (Å²) >= 11 is 0. The molecule has 0 radical (unpaired) electrons. The van der Waals surface area contributed by atoms with Gasteiger partial charge in [-0.3, -0.25) is 9.69 Å². The summed E-state index contributed by atoms with van der Waals surface area (Å²) in [4.78, 5) is 13.9. The summed E-state index contributed by atoms with van der Waals surface area (Å²) in [7, 11) is 0. The molecule has 0 spiro atoms. The van der Waals surface area contributed by atoms with Crippen LogP contribution in [-0.2, 0) is 9.53 Å². The van der Waals surface area contributed by atoms with Crippen LogP contribution in [0.2, 0.25) is 0 Å². The van der Waals surface area contributed by atoms with Crippen molar-refractivity contribution in [1.82, 2.24) is 10.2 Å². The number of morpholine rings is 1. The van der Waals surface area contributed by atoms with Gasteiger partial charge in [-0.1, -0.05) is 6.92 Å². The summed E-state index contributed by atoms with van der Waals surface area (Å²) in [5.74, 6) is -0.278. The molecule has 5 heteroatoms.